The molecule has 0 aliphatic carbocycles. The van der Waals surface area contributed by atoms with E-state index in [-0.39, 0.29) is 0 Å². The summed E-state index contributed by atoms with van der Waals surface area (Å²) in [4.78, 5) is 0. The quantitative estimate of drug-likeness (QED) is 0.744. The van der Waals surface area contributed by atoms with Crippen molar-refractivity contribution < 1.29 is 9.47 Å². The summed E-state index contributed by atoms with van der Waals surface area (Å²) < 4.78 is 12.3. The van der Waals surface area contributed by atoms with Gasteiger partial charge in [0.2, 0.25) is 0 Å². The monoisotopic (exact) mass is 423 g/mol. The number of hydrogen-bond donors (Lipinski definition) is 2. The molecule has 0 unspecified atom stereocenters. The molecule has 0 bridgehead atoms. The Kier molecular flexibility index (Phi) is 4.00. The van der Waals surface area contributed by atoms with E-state index in [0.29, 0.717) is 17.3 Å². The molecule has 2 aromatic rings. The Balaban J connectivity index is 2.61. The topological polar surface area (TPSA) is 73.2 Å². The van der Waals surface area contributed by atoms with Crippen LogP contribution in [0.4, 0.5) is 5.82 Å². The van der Waals surface area contributed by atoms with Crippen molar-refractivity contribution in [2.45, 2.75) is 0 Å². The molecule has 3 N–H and O–H groups in total. The smallest absolute Gasteiger partial charge is 0.161 e. The van der Waals surface area contributed by atoms with Crippen LogP contribution in [0.3, 0.4) is 0 Å². The molecule has 0 atom stereocenters. The number of ether oxygens (including phenoxy) is 2. The van der Waals surface area contributed by atoms with Gasteiger partial charge in [0, 0.05) is 10.0 Å². The minimum atomic E-state index is 0.479. The number of nitrogens with two attached hydrogens (primary N) is 1. The van der Waals surface area contributed by atoms with Gasteiger partial charge in [0.15, 0.2) is 17.3 Å². The maximum atomic E-state index is 5.73. The molecule has 0 saturated carbocycles. The number of aromatic nitrogens is 2. The van der Waals surface area contributed by atoms with Gasteiger partial charge in [-0.15, -0.1) is 0 Å². The largest absolute Gasteiger partial charge is 0.493 e. The second kappa shape index (κ2) is 5.35. The lowest BCUT2D eigenvalue weighted by molar-refractivity contribution is 0.355. The van der Waals surface area contributed by atoms with Crippen molar-refractivity contribution in [2.24, 2.45) is 0 Å². The molecule has 5 nitrogen and oxygen atoms in total. The summed E-state index contributed by atoms with van der Waals surface area (Å²) >= 11 is 5.65. The molecule has 0 spiro atoms. The van der Waals surface area contributed by atoms with Gasteiger partial charge in [-0.05, 0) is 50.7 Å². The number of halogens is 2. The number of rotatable bonds is 3. The zero-order valence-electron chi connectivity index (χ0n) is 9.75. The van der Waals surface area contributed by atoms with Gasteiger partial charge in [-0.2, -0.15) is 5.10 Å². The van der Waals surface area contributed by atoms with Gasteiger partial charge >= 0.3 is 0 Å². The van der Waals surface area contributed by atoms with Crippen LogP contribution in [-0.4, -0.2) is 24.4 Å². The average molecular weight is 424 g/mol. The van der Waals surface area contributed by atoms with Crippen LogP contribution in [0, 0.1) is 3.57 Å². The molecular weight excluding hydrogens is 413 g/mol. The lowest BCUT2D eigenvalue weighted by Crippen LogP contribution is -1.93. The Morgan fingerprint density at radius 1 is 1.28 bits per heavy atom. The normalized spacial score (nSPS) is 10.4. The zero-order valence-corrected chi connectivity index (χ0v) is 13.5. The fourth-order valence-corrected chi connectivity index (χ4v) is 2.62. The van der Waals surface area contributed by atoms with Crippen molar-refractivity contribution in [3.05, 3.63) is 20.2 Å². The first kappa shape index (κ1) is 13.5. The molecule has 96 valence electrons. The van der Waals surface area contributed by atoms with Crippen LogP contribution in [0.15, 0.2) is 16.6 Å². The predicted molar refractivity (Wildman–Crippen MR) is 82.0 cm³/mol. The van der Waals surface area contributed by atoms with E-state index in [1.165, 1.54) is 0 Å². The van der Waals surface area contributed by atoms with E-state index in [4.69, 9.17) is 15.2 Å². The fraction of sp³-hybridized carbons (Fsp3) is 0.182. The van der Waals surface area contributed by atoms with Crippen LogP contribution in [0.2, 0.25) is 0 Å². The Morgan fingerprint density at radius 3 is 2.39 bits per heavy atom. The van der Waals surface area contributed by atoms with E-state index >= 15 is 0 Å². The Labute approximate surface area is 126 Å². The van der Waals surface area contributed by atoms with E-state index in [0.717, 1.165) is 19.3 Å². The first-order valence-corrected chi connectivity index (χ1v) is 6.87. The zero-order chi connectivity index (χ0) is 13.3. The van der Waals surface area contributed by atoms with Gasteiger partial charge in [-0.1, -0.05) is 0 Å². The number of H-pyrrole nitrogens is 1. The molecule has 18 heavy (non-hydrogen) atoms. The first-order chi connectivity index (χ1) is 8.58. The van der Waals surface area contributed by atoms with E-state index in [1.807, 2.05) is 12.1 Å². The lowest BCUT2D eigenvalue weighted by atomic mass is 10.1. The molecule has 1 aromatic heterocycles. The highest BCUT2D eigenvalue weighted by Gasteiger charge is 2.16. The molecule has 2 rings (SSSR count). The summed E-state index contributed by atoms with van der Waals surface area (Å²) in [5.41, 5.74) is 7.50. The Hall–Kier alpha value is -0.960. The summed E-state index contributed by atoms with van der Waals surface area (Å²) in [5.74, 6) is 1.79. The van der Waals surface area contributed by atoms with E-state index in [2.05, 4.69) is 48.7 Å². The summed E-state index contributed by atoms with van der Waals surface area (Å²) in [5, 5.41) is 6.89. The van der Waals surface area contributed by atoms with Crippen molar-refractivity contribution >= 4 is 44.3 Å². The molecule has 0 radical (unpaired) electrons. The van der Waals surface area contributed by atoms with Gasteiger partial charge in [0.1, 0.15) is 0 Å². The number of nitrogens with zero attached hydrogens (tertiary/aromatic N) is 1. The summed E-state index contributed by atoms with van der Waals surface area (Å²) in [6.45, 7) is 0. The number of nitrogens with one attached hydrogen (secondary N) is 1. The number of nitrogen functional groups attached to an aromatic ring is 1. The van der Waals surface area contributed by atoms with Crippen LogP contribution in [0.25, 0.3) is 11.3 Å². The minimum absolute atomic E-state index is 0.479. The molecule has 0 amide bonds. The molecule has 1 aromatic carbocycles. The van der Waals surface area contributed by atoms with Gasteiger partial charge < -0.3 is 15.2 Å². The minimum Gasteiger partial charge on any atom is -0.493 e. The van der Waals surface area contributed by atoms with Gasteiger partial charge in [-0.25, -0.2) is 0 Å². The second-order valence-electron chi connectivity index (χ2n) is 3.48. The Bertz CT molecular complexity index is 586. The van der Waals surface area contributed by atoms with E-state index in [9.17, 15) is 0 Å². The number of aromatic amines is 1. The van der Waals surface area contributed by atoms with Crippen molar-refractivity contribution in [1.29, 1.82) is 0 Å². The molecule has 1 heterocycles. The number of hydrogen-bond acceptors (Lipinski definition) is 4. The van der Waals surface area contributed by atoms with E-state index < -0.39 is 0 Å². The highest BCUT2D eigenvalue weighted by Crippen LogP contribution is 2.39. The van der Waals surface area contributed by atoms with Crippen molar-refractivity contribution in [3.8, 4) is 22.8 Å². The Morgan fingerprint density at radius 2 is 1.89 bits per heavy atom. The third-order valence-corrected chi connectivity index (χ3v) is 4.22. The van der Waals surface area contributed by atoms with Crippen LogP contribution in [0.5, 0.6) is 11.5 Å². The van der Waals surface area contributed by atoms with Gasteiger partial charge in [-0.3, -0.25) is 5.10 Å². The van der Waals surface area contributed by atoms with Crippen molar-refractivity contribution in [3.63, 3.8) is 0 Å². The van der Waals surface area contributed by atoms with E-state index in [1.54, 1.807) is 14.2 Å². The predicted octanol–water partition coefficient (Wildman–Crippen LogP) is 3.04. The second-order valence-corrected chi connectivity index (χ2v) is 5.42. The highest BCUT2D eigenvalue weighted by molar-refractivity contribution is 14.1. The first-order valence-electron chi connectivity index (χ1n) is 4.99. The van der Waals surface area contributed by atoms with Gasteiger partial charge in [0.05, 0.1) is 23.5 Å². The third kappa shape index (κ3) is 2.28. The molecule has 0 aliphatic heterocycles. The molecule has 7 heteroatoms. The van der Waals surface area contributed by atoms with Crippen molar-refractivity contribution in [2.75, 3.05) is 20.0 Å². The lowest BCUT2D eigenvalue weighted by Gasteiger charge is -2.11. The number of methoxy groups -OCH3 is 2. The van der Waals surface area contributed by atoms with Crippen LogP contribution < -0.4 is 15.2 Å². The number of anilines is 1. The van der Waals surface area contributed by atoms with Crippen LogP contribution >= 0.6 is 38.5 Å². The molecule has 0 aliphatic rings. The average Bonchev–Trinajstić information content (AvgIpc) is 2.70. The van der Waals surface area contributed by atoms with Crippen LogP contribution in [-0.2, 0) is 0 Å². The molecule has 0 fully saturated rings. The maximum Gasteiger partial charge on any atom is 0.161 e. The summed E-state index contributed by atoms with van der Waals surface area (Å²) in [6, 6.07) is 3.72. The van der Waals surface area contributed by atoms with Crippen LogP contribution in [0.1, 0.15) is 0 Å². The van der Waals surface area contributed by atoms with Gasteiger partial charge in [0.25, 0.3) is 0 Å². The standard InChI is InChI=1S/C11H11BrIN3O2/c1-17-7-3-5(6(12)4-8(7)18-2)10-9(13)11(14)16-15-10/h3-4H,1-2H3,(H3,14,15,16). The van der Waals surface area contributed by atoms with Crippen molar-refractivity contribution in [1.82, 2.24) is 10.2 Å². The fourth-order valence-electron chi connectivity index (χ4n) is 1.57. The molecular formula is C11H11BrIN3O2. The maximum absolute atomic E-state index is 5.73. The SMILES string of the molecule is COc1cc(Br)c(-c2[nH]nc(N)c2I)cc1OC. The highest BCUT2D eigenvalue weighted by atomic mass is 127. The number of benzene rings is 1. The molecule has 0 saturated heterocycles. The summed E-state index contributed by atoms with van der Waals surface area (Å²) in [6.07, 6.45) is 0. The summed E-state index contributed by atoms with van der Waals surface area (Å²) in [7, 11) is 3.20. The third-order valence-electron chi connectivity index (χ3n) is 2.48.